The predicted molar refractivity (Wildman–Crippen MR) is 130 cm³/mol. The van der Waals surface area contributed by atoms with Gasteiger partial charge in [-0.3, -0.25) is 4.79 Å². The van der Waals surface area contributed by atoms with Crippen LogP contribution in [0.4, 0.5) is 4.39 Å². The van der Waals surface area contributed by atoms with Crippen molar-refractivity contribution >= 4 is 17.4 Å². The van der Waals surface area contributed by atoms with Gasteiger partial charge < -0.3 is 4.98 Å². The van der Waals surface area contributed by atoms with E-state index in [1.54, 1.807) is 12.1 Å². The number of aromatic amines is 1. The highest BCUT2D eigenvalue weighted by Crippen LogP contribution is 2.33. The van der Waals surface area contributed by atoms with Crippen LogP contribution in [0, 0.1) is 5.82 Å². The standard InChI is InChI=1S/C28H18ClFN2O/c29-23-8-4-7-22(17-23)28-31-25(18-5-2-1-3-6-18)26(32-28)19-9-11-20(12-10-19)27(33)21-13-15-24(30)16-14-21/h1-17H,(H,31,32). The number of H-pyrrole nitrogens is 1. The number of nitrogens with one attached hydrogen (secondary N) is 1. The molecule has 0 aliphatic rings. The Balaban J connectivity index is 1.55. The van der Waals surface area contributed by atoms with Gasteiger partial charge in [0, 0.05) is 32.8 Å². The predicted octanol–water partition coefficient (Wildman–Crippen LogP) is 7.43. The van der Waals surface area contributed by atoms with Gasteiger partial charge in [0.15, 0.2) is 5.78 Å². The largest absolute Gasteiger partial charge is 0.337 e. The number of ketones is 1. The van der Waals surface area contributed by atoms with Crippen LogP contribution in [0.2, 0.25) is 5.02 Å². The summed E-state index contributed by atoms with van der Waals surface area (Å²) in [5.41, 5.74) is 5.38. The van der Waals surface area contributed by atoms with Crippen LogP contribution in [0.15, 0.2) is 103 Å². The highest BCUT2D eigenvalue weighted by molar-refractivity contribution is 6.30. The van der Waals surface area contributed by atoms with Crippen LogP contribution >= 0.6 is 11.6 Å². The molecule has 0 fully saturated rings. The zero-order valence-corrected chi connectivity index (χ0v) is 18.2. The molecule has 0 aliphatic carbocycles. The number of imidazole rings is 1. The topological polar surface area (TPSA) is 45.8 Å². The third-order valence-electron chi connectivity index (χ3n) is 5.39. The third-order valence-corrected chi connectivity index (χ3v) is 5.63. The number of hydrogen-bond acceptors (Lipinski definition) is 2. The smallest absolute Gasteiger partial charge is 0.193 e. The molecular formula is C28H18ClFN2O. The number of carbonyl (C=O) groups is 1. The number of halogens is 2. The molecule has 0 unspecified atom stereocenters. The minimum absolute atomic E-state index is 0.158. The number of carbonyl (C=O) groups excluding carboxylic acids is 1. The lowest BCUT2D eigenvalue weighted by molar-refractivity contribution is 0.103. The van der Waals surface area contributed by atoms with Gasteiger partial charge in [0.05, 0.1) is 11.4 Å². The van der Waals surface area contributed by atoms with Crippen molar-refractivity contribution in [1.82, 2.24) is 9.97 Å². The Kier molecular flexibility index (Phi) is 5.59. The van der Waals surface area contributed by atoms with E-state index in [2.05, 4.69) is 4.98 Å². The van der Waals surface area contributed by atoms with Crippen LogP contribution in [0.25, 0.3) is 33.9 Å². The Labute approximate surface area is 195 Å². The van der Waals surface area contributed by atoms with Crippen molar-refractivity contribution in [1.29, 1.82) is 0 Å². The molecule has 5 heteroatoms. The second-order valence-electron chi connectivity index (χ2n) is 7.60. The van der Waals surface area contributed by atoms with Gasteiger partial charge in [-0.25, -0.2) is 9.37 Å². The lowest BCUT2D eigenvalue weighted by atomic mass is 10.00. The van der Waals surface area contributed by atoms with E-state index in [1.165, 1.54) is 24.3 Å². The van der Waals surface area contributed by atoms with Crippen LogP contribution < -0.4 is 0 Å². The zero-order chi connectivity index (χ0) is 22.8. The Morgan fingerprint density at radius 2 is 1.36 bits per heavy atom. The molecule has 0 spiro atoms. The van der Waals surface area contributed by atoms with E-state index >= 15 is 0 Å². The van der Waals surface area contributed by atoms with Gasteiger partial charge in [0.25, 0.3) is 0 Å². The molecule has 0 amide bonds. The fourth-order valence-electron chi connectivity index (χ4n) is 3.72. The Bertz CT molecular complexity index is 1430. The number of rotatable bonds is 5. The summed E-state index contributed by atoms with van der Waals surface area (Å²) in [5, 5.41) is 0.635. The van der Waals surface area contributed by atoms with Crippen LogP contribution in [0.5, 0.6) is 0 Å². The molecule has 1 N–H and O–H groups in total. The van der Waals surface area contributed by atoms with Gasteiger partial charge in [-0.15, -0.1) is 0 Å². The highest BCUT2D eigenvalue weighted by Gasteiger charge is 2.16. The fraction of sp³-hybridized carbons (Fsp3) is 0. The minimum Gasteiger partial charge on any atom is -0.337 e. The van der Waals surface area contributed by atoms with Gasteiger partial charge in [-0.05, 0) is 36.4 Å². The average Bonchev–Trinajstić information content (AvgIpc) is 3.30. The lowest BCUT2D eigenvalue weighted by Gasteiger charge is -2.06. The van der Waals surface area contributed by atoms with Crippen molar-refractivity contribution in [3.63, 3.8) is 0 Å². The Morgan fingerprint density at radius 1 is 0.727 bits per heavy atom. The molecule has 33 heavy (non-hydrogen) atoms. The molecule has 5 aromatic rings. The Hall–Kier alpha value is -4.02. The van der Waals surface area contributed by atoms with Gasteiger partial charge in [0.1, 0.15) is 11.6 Å². The van der Waals surface area contributed by atoms with Crippen molar-refractivity contribution in [3.8, 4) is 33.9 Å². The summed E-state index contributed by atoms with van der Waals surface area (Å²) in [4.78, 5) is 21.1. The molecule has 5 rings (SSSR count). The fourth-order valence-corrected chi connectivity index (χ4v) is 3.91. The van der Waals surface area contributed by atoms with Crippen molar-refractivity contribution in [2.75, 3.05) is 0 Å². The minimum atomic E-state index is -0.370. The number of benzene rings is 4. The zero-order valence-electron chi connectivity index (χ0n) is 17.4. The molecule has 0 saturated heterocycles. The summed E-state index contributed by atoms with van der Waals surface area (Å²) in [6, 6.07) is 30.3. The van der Waals surface area contributed by atoms with Gasteiger partial charge >= 0.3 is 0 Å². The van der Waals surface area contributed by atoms with Crippen molar-refractivity contribution in [2.24, 2.45) is 0 Å². The average molecular weight is 453 g/mol. The number of aromatic nitrogens is 2. The molecule has 3 nitrogen and oxygen atoms in total. The maximum absolute atomic E-state index is 13.2. The van der Waals surface area contributed by atoms with Gasteiger partial charge in [-0.1, -0.05) is 78.3 Å². The normalized spacial score (nSPS) is 10.8. The Morgan fingerprint density at radius 3 is 2.03 bits per heavy atom. The first-order valence-corrected chi connectivity index (χ1v) is 10.8. The molecule has 0 radical (unpaired) electrons. The lowest BCUT2D eigenvalue weighted by Crippen LogP contribution is -2.01. The summed E-state index contributed by atoms with van der Waals surface area (Å²) in [7, 11) is 0. The molecule has 4 aromatic carbocycles. The highest BCUT2D eigenvalue weighted by atomic mass is 35.5. The summed E-state index contributed by atoms with van der Waals surface area (Å²) in [6.45, 7) is 0. The van der Waals surface area contributed by atoms with Crippen molar-refractivity contribution in [2.45, 2.75) is 0 Å². The van der Waals surface area contributed by atoms with Gasteiger partial charge in [0.2, 0.25) is 0 Å². The number of hydrogen-bond donors (Lipinski definition) is 1. The van der Waals surface area contributed by atoms with E-state index in [0.717, 1.165) is 28.1 Å². The van der Waals surface area contributed by atoms with E-state index < -0.39 is 0 Å². The van der Waals surface area contributed by atoms with Crippen LogP contribution in [0.1, 0.15) is 15.9 Å². The molecule has 1 aromatic heterocycles. The van der Waals surface area contributed by atoms with Crippen molar-refractivity contribution in [3.05, 3.63) is 125 Å². The van der Waals surface area contributed by atoms with E-state index in [0.29, 0.717) is 22.0 Å². The van der Waals surface area contributed by atoms with E-state index in [-0.39, 0.29) is 11.6 Å². The molecular weight excluding hydrogens is 435 g/mol. The first kappa shape index (κ1) is 20.9. The number of nitrogens with zero attached hydrogens (tertiary/aromatic N) is 1. The molecule has 1 heterocycles. The summed E-state index contributed by atoms with van der Waals surface area (Å²) >= 11 is 6.19. The van der Waals surface area contributed by atoms with Crippen LogP contribution in [-0.2, 0) is 0 Å². The molecule has 0 saturated carbocycles. The molecule has 0 aliphatic heterocycles. The summed E-state index contributed by atoms with van der Waals surface area (Å²) in [5.74, 6) is 0.178. The van der Waals surface area contributed by atoms with Crippen LogP contribution in [0.3, 0.4) is 0 Å². The van der Waals surface area contributed by atoms with Gasteiger partial charge in [-0.2, -0.15) is 0 Å². The quantitative estimate of drug-likeness (QED) is 0.282. The second-order valence-corrected chi connectivity index (χ2v) is 8.04. The maximum Gasteiger partial charge on any atom is 0.193 e. The van der Waals surface area contributed by atoms with E-state index in [1.807, 2.05) is 66.7 Å². The SMILES string of the molecule is O=C(c1ccc(F)cc1)c1ccc(-c2[nH]c(-c3cccc(Cl)c3)nc2-c2ccccc2)cc1. The van der Waals surface area contributed by atoms with Crippen LogP contribution in [-0.4, -0.2) is 15.8 Å². The summed E-state index contributed by atoms with van der Waals surface area (Å²) < 4.78 is 13.2. The van der Waals surface area contributed by atoms with Crippen molar-refractivity contribution < 1.29 is 9.18 Å². The third kappa shape index (κ3) is 4.34. The maximum atomic E-state index is 13.2. The second kappa shape index (κ2) is 8.85. The monoisotopic (exact) mass is 452 g/mol. The summed E-state index contributed by atoms with van der Waals surface area (Å²) in [6.07, 6.45) is 0. The van der Waals surface area contributed by atoms with E-state index in [9.17, 15) is 9.18 Å². The first-order valence-electron chi connectivity index (χ1n) is 10.4. The van der Waals surface area contributed by atoms with E-state index in [4.69, 9.17) is 16.6 Å². The molecule has 0 bridgehead atoms. The molecule has 0 atom stereocenters. The molecule has 160 valence electrons. The first-order chi connectivity index (χ1) is 16.1.